The molecule has 2 amide bonds. The number of aliphatic carboxylic acids is 1. The van der Waals surface area contributed by atoms with Gasteiger partial charge in [0.05, 0.1) is 18.4 Å². The topological polar surface area (TPSA) is 114 Å². The Hall–Kier alpha value is -2.91. The average molecular weight is 432 g/mol. The van der Waals surface area contributed by atoms with Gasteiger partial charge in [-0.1, -0.05) is 19.1 Å². The number of fused-ring (bicyclic) bond motifs is 1. The zero-order valence-electron chi connectivity index (χ0n) is 16.8. The van der Waals surface area contributed by atoms with Crippen molar-refractivity contribution in [2.75, 3.05) is 31.0 Å². The van der Waals surface area contributed by atoms with Gasteiger partial charge in [-0.05, 0) is 42.9 Å². The van der Waals surface area contributed by atoms with Gasteiger partial charge in [0.25, 0.3) is 11.8 Å². The second-order valence-corrected chi connectivity index (χ2v) is 8.25. The molecule has 1 aromatic heterocycles. The Labute approximate surface area is 178 Å². The number of hydrogen-bond donors (Lipinski definition) is 3. The first kappa shape index (κ1) is 21.8. The summed E-state index contributed by atoms with van der Waals surface area (Å²) in [6, 6.07) is 7.11. The van der Waals surface area contributed by atoms with Crippen LogP contribution in [-0.2, 0) is 27.2 Å². The minimum absolute atomic E-state index is 0.326. The number of nitrogens with one attached hydrogen (secondary N) is 2. The second kappa shape index (κ2) is 9.73. The largest absolute Gasteiger partial charge is 0.495 e. The van der Waals surface area contributed by atoms with Crippen molar-refractivity contribution in [3.8, 4) is 5.75 Å². The van der Waals surface area contributed by atoms with Crippen LogP contribution in [0.1, 0.15) is 34.1 Å². The number of hydrogen-bond acceptors (Lipinski definition) is 6. The molecule has 0 saturated carbocycles. The van der Waals surface area contributed by atoms with Gasteiger partial charge in [-0.15, -0.1) is 11.3 Å². The standard InChI is InChI=1S/C21H24N2O6S/c1-12-7-8-13-16(9-12)30-21(23-17(24)10-29-11-18(25)26)19(13)20(27)22-14-5-3-4-6-15(14)28-2/h3-6,12H,7-11H2,1-2H3,(H,22,27)(H,23,24)(H,25,26). The number of carbonyl (C=O) groups excluding carboxylic acids is 2. The molecule has 0 spiro atoms. The van der Waals surface area contributed by atoms with Gasteiger partial charge in [-0.25, -0.2) is 4.79 Å². The van der Waals surface area contributed by atoms with Crippen molar-refractivity contribution in [3.63, 3.8) is 0 Å². The molecule has 2 aromatic rings. The molecule has 160 valence electrons. The SMILES string of the molecule is COc1ccccc1NC(=O)c1c(NC(=O)COCC(=O)O)sc2c1CCC(C)C2. The van der Waals surface area contributed by atoms with E-state index in [1.54, 1.807) is 18.2 Å². The number of thiophene rings is 1. The average Bonchev–Trinajstić information content (AvgIpc) is 3.04. The lowest BCUT2D eigenvalue weighted by molar-refractivity contribution is -0.143. The van der Waals surface area contributed by atoms with Crippen LogP contribution in [0.25, 0.3) is 0 Å². The molecule has 0 fully saturated rings. The Morgan fingerprint density at radius 2 is 1.97 bits per heavy atom. The van der Waals surface area contributed by atoms with E-state index in [1.807, 2.05) is 6.07 Å². The van der Waals surface area contributed by atoms with Gasteiger partial charge >= 0.3 is 5.97 Å². The monoisotopic (exact) mass is 432 g/mol. The van der Waals surface area contributed by atoms with E-state index in [4.69, 9.17) is 14.6 Å². The number of ether oxygens (including phenoxy) is 2. The van der Waals surface area contributed by atoms with E-state index in [0.717, 1.165) is 29.7 Å². The Balaban J connectivity index is 1.85. The highest BCUT2D eigenvalue weighted by molar-refractivity contribution is 7.17. The van der Waals surface area contributed by atoms with Crippen LogP contribution in [0.2, 0.25) is 0 Å². The lowest BCUT2D eigenvalue weighted by atomic mass is 9.88. The first-order chi connectivity index (χ1) is 14.4. The van der Waals surface area contributed by atoms with Crippen molar-refractivity contribution in [2.24, 2.45) is 5.92 Å². The molecule has 0 bridgehead atoms. The summed E-state index contributed by atoms with van der Waals surface area (Å²) in [5, 5.41) is 14.7. The van der Waals surface area contributed by atoms with Gasteiger partial charge in [-0.3, -0.25) is 9.59 Å². The molecule has 9 heteroatoms. The molecule has 1 aromatic carbocycles. The predicted octanol–water partition coefficient (Wildman–Crippen LogP) is 3.17. The maximum atomic E-state index is 13.2. The molecule has 1 heterocycles. The van der Waals surface area contributed by atoms with Crippen LogP contribution in [0.15, 0.2) is 24.3 Å². The van der Waals surface area contributed by atoms with Crippen LogP contribution in [-0.4, -0.2) is 43.2 Å². The third kappa shape index (κ3) is 5.17. The highest BCUT2D eigenvalue weighted by atomic mass is 32.1. The van der Waals surface area contributed by atoms with Gasteiger partial charge in [-0.2, -0.15) is 0 Å². The normalized spacial score (nSPS) is 15.2. The maximum absolute atomic E-state index is 13.2. The van der Waals surface area contributed by atoms with Crippen molar-refractivity contribution in [1.82, 2.24) is 0 Å². The van der Waals surface area contributed by atoms with Gasteiger partial charge in [0.15, 0.2) is 0 Å². The molecule has 0 aliphatic heterocycles. The molecule has 1 aliphatic rings. The van der Waals surface area contributed by atoms with Crippen molar-refractivity contribution in [3.05, 3.63) is 40.3 Å². The van der Waals surface area contributed by atoms with Crippen LogP contribution in [0.3, 0.4) is 0 Å². The minimum atomic E-state index is -1.15. The van der Waals surface area contributed by atoms with Crippen molar-refractivity contribution >= 4 is 39.8 Å². The highest BCUT2D eigenvalue weighted by Gasteiger charge is 2.28. The number of carboxylic acid groups (broad SMARTS) is 1. The van der Waals surface area contributed by atoms with Gasteiger partial charge in [0.2, 0.25) is 0 Å². The van der Waals surface area contributed by atoms with Crippen LogP contribution < -0.4 is 15.4 Å². The number of anilines is 2. The summed E-state index contributed by atoms with van der Waals surface area (Å²) in [5.41, 5.74) is 1.93. The van der Waals surface area contributed by atoms with Crippen molar-refractivity contribution in [2.45, 2.75) is 26.2 Å². The van der Waals surface area contributed by atoms with Crippen LogP contribution in [0.5, 0.6) is 5.75 Å². The third-order valence-electron chi connectivity index (χ3n) is 4.81. The molecule has 1 unspecified atom stereocenters. The summed E-state index contributed by atoms with van der Waals surface area (Å²) in [5.74, 6) is -0.942. The first-order valence-corrected chi connectivity index (χ1v) is 10.4. The van der Waals surface area contributed by atoms with E-state index in [0.29, 0.717) is 27.9 Å². The number of rotatable bonds is 8. The van der Waals surface area contributed by atoms with Crippen molar-refractivity contribution in [1.29, 1.82) is 0 Å². The predicted molar refractivity (Wildman–Crippen MR) is 114 cm³/mol. The molecule has 1 atom stereocenters. The number of carboxylic acids is 1. The number of amides is 2. The summed E-state index contributed by atoms with van der Waals surface area (Å²) < 4.78 is 10.2. The lowest BCUT2D eigenvalue weighted by Crippen LogP contribution is -2.23. The van der Waals surface area contributed by atoms with Crippen LogP contribution >= 0.6 is 11.3 Å². The van der Waals surface area contributed by atoms with Crippen LogP contribution in [0.4, 0.5) is 10.7 Å². The Kier molecular flexibility index (Phi) is 7.07. The molecule has 3 rings (SSSR count). The van der Waals surface area contributed by atoms with Gasteiger partial charge in [0.1, 0.15) is 24.0 Å². The Bertz CT molecular complexity index is 955. The third-order valence-corrected chi connectivity index (χ3v) is 5.98. The summed E-state index contributed by atoms with van der Waals surface area (Å²) >= 11 is 1.39. The zero-order chi connectivity index (χ0) is 21.7. The molecule has 3 N–H and O–H groups in total. The van der Waals surface area contributed by atoms with E-state index in [-0.39, 0.29) is 5.91 Å². The van der Waals surface area contributed by atoms with E-state index in [2.05, 4.69) is 17.6 Å². The molecule has 0 saturated heterocycles. The summed E-state index contributed by atoms with van der Waals surface area (Å²) in [4.78, 5) is 37.1. The summed E-state index contributed by atoms with van der Waals surface area (Å²) in [6.45, 7) is 1.20. The number of carbonyl (C=O) groups is 3. The van der Waals surface area contributed by atoms with E-state index in [9.17, 15) is 14.4 Å². The van der Waals surface area contributed by atoms with Gasteiger partial charge < -0.3 is 25.2 Å². The fourth-order valence-electron chi connectivity index (χ4n) is 3.41. The lowest BCUT2D eigenvalue weighted by Gasteiger charge is -2.19. The molecule has 0 radical (unpaired) electrons. The number of methoxy groups -OCH3 is 1. The Morgan fingerprint density at radius 3 is 2.70 bits per heavy atom. The van der Waals surface area contributed by atoms with Crippen molar-refractivity contribution < 1.29 is 29.0 Å². The first-order valence-electron chi connectivity index (χ1n) is 9.57. The number of benzene rings is 1. The highest BCUT2D eigenvalue weighted by Crippen LogP contribution is 2.40. The zero-order valence-corrected chi connectivity index (χ0v) is 17.6. The Morgan fingerprint density at radius 1 is 1.20 bits per heavy atom. The summed E-state index contributed by atoms with van der Waals surface area (Å²) in [6.07, 6.45) is 2.57. The van der Waals surface area contributed by atoms with Crippen LogP contribution in [0, 0.1) is 5.92 Å². The second-order valence-electron chi connectivity index (χ2n) is 7.15. The van der Waals surface area contributed by atoms with E-state index < -0.39 is 25.1 Å². The minimum Gasteiger partial charge on any atom is -0.495 e. The fraction of sp³-hybridized carbons (Fsp3) is 0.381. The quantitative estimate of drug-likeness (QED) is 0.590. The van der Waals surface area contributed by atoms with E-state index in [1.165, 1.54) is 18.4 Å². The number of para-hydroxylation sites is 2. The fourth-order valence-corrected chi connectivity index (χ4v) is 4.83. The molecule has 30 heavy (non-hydrogen) atoms. The molecule has 8 nitrogen and oxygen atoms in total. The molecular weight excluding hydrogens is 408 g/mol. The summed E-state index contributed by atoms with van der Waals surface area (Å²) in [7, 11) is 1.53. The van der Waals surface area contributed by atoms with Gasteiger partial charge in [0, 0.05) is 4.88 Å². The van der Waals surface area contributed by atoms with E-state index >= 15 is 0 Å². The maximum Gasteiger partial charge on any atom is 0.329 e. The smallest absolute Gasteiger partial charge is 0.329 e. The molecule has 1 aliphatic carbocycles. The molecular formula is C21H24N2O6S.